The number of rotatable bonds is 6. The molecule has 0 amide bonds. The van der Waals surface area contributed by atoms with Crippen molar-refractivity contribution in [1.82, 2.24) is 5.32 Å². The smallest absolute Gasteiger partial charge is 0.130 e. The third-order valence-electron chi connectivity index (χ3n) is 3.65. The first-order chi connectivity index (χ1) is 8.90. The van der Waals surface area contributed by atoms with Crippen molar-refractivity contribution in [2.24, 2.45) is 5.92 Å². The lowest BCUT2D eigenvalue weighted by Gasteiger charge is -2.29. The van der Waals surface area contributed by atoms with Crippen LogP contribution in [0.25, 0.3) is 0 Å². The number of hydrogen-bond donors (Lipinski definition) is 1. The zero-order valence-electron chi connectivity index (χ0n) is 12.6. The van der Waals surface area contributed by atoms with Crippen molar-refractivity contribution in [3.63, 3.8) is 0 Å². The third kappa shape index (κ3) is 4.00. The predicted octanol–water partition coefficient (Wildman–Crippen LogP) is 4.75. The minimum absolute atomic E-state index is 0.0608. The number of benzene rings is 1. The molecule has 0 fully saturated rings. The Morgan fingerprint density at radius 1 is 1.05 bits per heavy atom. The maximum atomic E-state index is 14.1. The third-order valence-corrected chi connectivity index (χ3v) is 3.65. The summed E-state index contributed by atoms with van der Waals surface area (Å²) in [6, 6.07) is 2.84. The van der Waals surface area contributed by atoms with Crippen LogP contribution >= 0.6 is 0 Å². The molecular weight excluding hydrogens is 244 g/mol. The summed E-state index contributed by atoms with van der Waals surface area (Å²) in [5.74, 6) is -0.580. The SMILES string of the molecule is CCC(CC)C(NC(C)C)c1cc(C)c(F)cc1F. The van der Waals surface area contributed by atoms with E-state index in [2.05, 4.69) is 19.2 Å². The Morgan fingerprint density at radius 3 is 2.11 bits per heavy atom. The molecule has 1 rings (SSSR count). The molecule has 0 saturated carbocycles. The maximum absolute atomic E-state index is 14.1. The van der Waals surface area contributed by atoms with E-state index < -0.39 is 11.6 Å². The van der Waals surface area contributed by atoms with E-state index in [9.17, 15) is 8.78 Å². The molecule has 108 valence electrons. The lowest BCUT2D eigenvalue weighted by molar-refractivity contribution is 0.313. The molecule has 3 heteroatoms. The summed E-state index contributed by atoms with van der Waals surface area (Å²) in [4.78, 5) is 0. The molecule has 1 aromatic rings. The number of halogens is 2. The summed E-state index contributed by atoms with van der Waals surface area (Å²) >= 11 is 0. The van der Waals surface area contributed by atoms with Crippen LogP contribution in [0.15, 0.2) is 12.1 Å². The average Bonchev–Trinajstić information content (AvgIpc) is 2.33. The van der Waals surface area contributed by atoms with E-state index in [4.69, 9.17) is 0 Å². The maximum Gasteiger partial charge on any atom is 0.130 e. The van der Waals surface area contributed by atoms with E-state index in [-0.39, 0.29) is 12.1 Å². The van der Waals surface area contributed by atoms with Crippen LogP contribution < -0.4 is 5.32 Å². The van der Waals surface area contributed by atoms with Gasteiger partial charge in [0.1, 0.15) is 11.6 Å². The number of nitrogens with one attached hydrogen (secondary N) is 1. The Labute approximate surface area is 115 Å². The second-order valence-corrected chi connectivity index (χ2v) is 5.50. The molecule has 0 spiro atoms. The van der Waals surface area contributed by atoms with Gasteiger partial charge in [0.05, 0.1) is 0 Å². The predicted molar refractivity (Wildman–Crippen MR) is 76.2 cm³/mol. The highest BCUT2D eigenvalue weighted by Crippen LogP contribution is 2.31. The van der Waals surface area contributed by atoms with Gasteiger partial charge in [-0.15, -0.1) is 0 Å². The Morgan fingerprint density at radius 2 is 1.63 bits per heavy atom. The van der Waals surface area contributed by atoms with Crippen LogP contribution in [0.5, 0.6) is 0 Å². The van der Waals surface area contributed by atoms with Crippen molar-refractivity contribution in [1.29, 1.82) is 0 Å². The monoisotopic (exact) mass is 269 g/mol. The van der Waals surface area contributed by atoms with Crippen LogP contribution in [0.2, 0.25) is 0 Å². The fourth-order valence-corrected chi connectivity index (χ4v) is 2.52. The van der Waals surface area contributed by atoms with E-state index >= 15 is 0 Å². The molecule has 0 aliphatic rings. The van der Waals surface area contributed by atoms with Crippen molar-refractivity contribution in [2.75, 3.05) is 0 Å². The number of aryl methyl sites for hydroxylation is 1. The summed E-state index contributed by atoms with van der Waals surface area (Å²) < 4.78 is 27.5. The highest BCUT2D eigenvalue weighted by atomic mass is 19.1. The minimum atomic E-state index is -0.478. The molecule has 0 aliphatic heterocycles. The Bertz CT molecular complexity index is 411. The molecule has 0 radical (unpaired) electrons. The van der Waals surface area contributed by atoms with Gasteiger partial charge in [-0.1, -0.05) is 40.5 Å². The Kier molecular flexibility index (Phi) is 5.92. The van der Waals surface area contributed by atoms with Crippen LogP contribution in [0.3, 0.4) is 0 Å². The van der Waals surface area contributed by atoms with Gasteiger partial charge in [-0.2, -0.15) is 0 Å². The number of hydrogen-bond acceptors (Lipinski definition) is 1. The Balaban J connectivity index is 3.20. The molecule has 1 atom stereocenters. The molecule has 1 N–H and O–H groups in total. The van der Waals surface area contributed by atoms with Crippen LogP contribution in [-0.4, -0.2) is 6.04 Å². The summed E-state index contributed by atoms with van der Waals surface area (Å²) in [6.07, 6.45) is 1.94. The summed E-state index contributed by atoms with van der Waals surface area (Å²) in [5, 5.41) is 3.42. The fourth-order valence-electron chi connectivity index (χ4n) is 2.52. The molecule has 1 nitrogen and oxygen atoms in total. The van der Waals surface area contributed by atoms with Gasteiger partial charge in [-0.3, -0.25) is 0 Å². The van der Waals surface area contributed by atoms with Gasteiger partial charge in [0.15, 0.2) is 0 Å². The van der Waals surface area contributed by atoms with Crippen molar-refractivity contribution in [3.8, 4) is 0 Å². The second kappa shape index (κ2) is 6.99. The Hall–Kier alpha value is -0.960. The van der Waals surface area contributed by atoms with Gasteiger partial charge in [-0.05, 0) is 24.5 Å². The second-order valence-electron chi connectivity index (χ2n) is 5.50. The largest absolute Gasteiger partial charge is 0.307 e. The molecule has 19 heavy (non-hydrogen) atoms. The quantitative estimate of drug-likeness (QED) is 0.786. The van der Waals surface area contributed by atoms with Crippen LogP contribution in [0.4, 0.5) is 8.78 Å². The van der Waals surface area contributed by atoms with E-state index in [1.165, 1.54) is 0 Å². The molecule has 0 aliphatic carbocycles. The zero-order chi connectivity index (χ0) is 14.6. The average molecular weight is 269 g/mol. The summed E-state index contributed by atoms with van der Waals surface area (Å²) in [6.45, 7) is 9.99. The molecule has 0 aromatic heterocycles. The first-order valence-corrected chi connectivity index (χ1v) is 7.12. The topological polar surface area (TPSA) is 12.0 Å². The van der Waals surface area contributed by atoms with Crippen LogP contribution in [-0.2, 0) is 0 Å². The highest BCUT2D eigenvalue weighted by Gasteiger charge is 2.24. The summed E-state index contributed by atoms with van der Waals surface area (Å²) in [5.41, 5.74) is 1.08. The zero-order valence-corrected chi connectivity index (χ0v) is 12.6. The van der Waals surface area contributed by atoms with Crippen LogP contribution in [0.1, 0.15) is 57.7 Å². The van der Waals surface area contributed by atoms with Crippen molar-refractivity contribution < 1.29 is 8.78 Å². The molecule has 1 unspecified atom stereocenters. The van der Waals surface area contributed by atoms with Crippen molar-refractivity contribution in [3.05, 3.63) is 34.9 Å². The molecule has 1 aromatic carbocycles. The van der Waals surface area contributed by atoms with Gasteiger partial charge < -0.3 is 5.32 Å². The van der Waals surface area contributed by atoms with E-state index in [1.807, 2.05) is 13.8 Å². The molecule has 0 saturated heterocycles. The molecule has 0 bridgehead atoms. The van der Waals surface area contributed by atoms with E-state index in [0.717, 1.165) is 18.9 Å². The highest BCUT2D eigenvalue weighted by molar-refractivity contribution is 5.29. The minimum Gasteiger partial charge on any atom is -0.307 e. The normalized spacial score (nSPS) is 13.3. The lowest BCUT2D eigenvalue weighted by atomic mass is 9.87. The molecule has 0 heterocycles. The fraction of sp³-hybridized carbons (Fsp3) is 0.625. The van der Waals surface area contributed by atoms with Crippen molar-refractivity contribution >= 4 is 0 Å². The molecular formula is C16H25F2N. The van der Waals surface area contributed by atoms with E-state index in [0.29, 0.717) is 17.0 Å². The summed E-state index contributed by atoms with van der Waals surface area (Å²) in [7, 11) is 0. The van der Waals surface area contributed by atoms with Crippen LogP contribution in [0, 0.1) is 24.5 Å². The van der Waals surface area contributed by atoms with Gasteiger partial charge in [0.25, 0.3) is 0 Å². The first-order valence-electron chi connectivity index (χ1n) is 7.12. The van der Waals surface area contributed by atoms with E-state index in [1.54, 1.807) is 13.0 Å². The first kappa shape index (κ1) is 16.1. The van der Waals surface area contributed by atoms with Gasteiger partial charge in [0, 0.05) is 23.7 Å². The van der Waals surface area contributed by atoms with Gasteiger partial charge in [0.2, 0.25) is 0 Å². The standard InChI is InChI=1S/C16H25F2N/c1-6-12(7-2)16(19-10(3)4)13-8-11(5)14(17)9-15(13)18/h8-10,12,16,19H,6-7H2,1-5H3. The van der Waals surface area contributed by atoms with Gasteiger partial charge in [-0.25, -0.2) is 8.78 Å². The van der Waals surface area contributed by atoms with Crippen molar-refractivity contribution in [2.45, 2.75) is 59.5 Å². The van der Waals surface area contributed by atoms with Gasteiger partial charge >= 0.3 is 0 Å². The lowest BCUT2D eigenvalue weighted by Crippen LogP contribution is -2.33.